The molecule has 0 aromatic rings. The van der Waals surface area contributed by atoms with Crippen molar-refractivity contribution in [3.05, 3.63) is 0 Å². The van der Waals surface area contributed by atoms with Crippen LogP contribution < -0.4 is 0 Å². The molecule has 0 fully saturated rings. The van der Waals surface area contributed by atoms with Crippen LogP contribution in [0.15, 0.2) is 0 Å². The minimum absolute atomic E-state index is 1.28. The van der Waals surface area contributed by atoms with Gasteiger partial charge in [-0.2, -0.15) is 26.3 Å². The van der Waals surface area contributed by atoms with Gasteiger partial charge < -0.3 is 9.84 Å². The second kappa shape index (κ2) is 6.76. The number of halogens is 7. The summed E-state index contributed by atoms with van der Waals surface area (Å²) in [5, 5.41) is 7.35. The van der Waals surface area contributed by atoms with Crippen molar-refractivity contribution in [3.63, 3.8) is 0 Å². The normalized spacial score (nSPS) is 11.1. The van der Waals surface area contributed by atoms with Crippen molar-refractivity contribution in [2.45, 2.75) is 12.4 Å². The summed E-state index contributed by atoms with van der Waals surface area (Å²) in [4.78, 5) is 28.3. The maximum Gasteiger partial charge on any atom is 0.491 e. The Morgan fingerprint density at radius 1 is 0.889 bits per heavy atom. The first-order valence-corrected chi connectivity index (χ1v) is 3.50. The molecule has 0 atom stereocenters. The molecule has 0 amide bonds. The fraction of sp³-hybridized carbons (Fsp3) is 0.500. The molecule has 0 rings (SSSR count). The van der Waals surface area contributed by atoms with E-state index >= 15 is 0 Å². The topological polar surface area (TPSA) is 80.7 Å². The van der Waals surface area contributed by atoms with Crippen molar-refractivity contribution in [1.82, 2.24) is 0 Å². The quantitative estimate of drug-likeness (QED) is 0.446. The van der Waals surface area contributed by atoms with Crippen LogP contribution in [0.2, 0.25) is 0 Å². The Labute approximate surface area is 93.1 Å². The number of carboxylic acids is 1. The van der Waals surface area contributed by atoms with Gasteiger partial charge in [0, 0.05) is 0 Å². The number of carbonyl (C=O) groups is 3. The Morgan fingerprint density at radius 2 is 1.11 bits per heavy atom. The number of esters is 2. The predicted molar refractivity (Wildman–Crippen MR) is 36.8 cm³/mol. The molecule has 5 nitrogen and oxygen atoms in total. The van der Waals surface area contributed by atoms with Crippen LogP contribution in [0.1, 0.15) is 0 Å². The summed E-state index contributed by atoms with van der Waals surface area (Å²) in [6.07, 6.45) is -11.2. The highest BCUT2D eigenvalue weighted by Crippen LogP contribution is 2.21. The lowest BCUT2D eigenvalue weighted by Gasteiger charge is -2.06. The van der Waals surface area contributed by atoms with Gasteiger partial charge in [0.1, 0.15) is 0 Å². The number of aliphatic carboxylic acids is 1. The van der Waals surface area contributed by atoms with Gasteiger partial charge >= 0.3 is 30.3 Å². The van der Waals surface area contributed by atoms with Crippen LogP contribution in [-0.4, -0.2) is 42.0 Å². The molecule has 0 heterocycles. The molecule has 1 N–H and O–H groups in total. The first kappa shape index (κ1) is 18.5. The molecule has 0 radical (unpaired) electrons. The SMILES string of the molecule is O=C(O)CF.O=C(OC(=O)C(F)(F)F)C(F)(F)F. The van der Waals surface area contributed by atoms with Gasteiger partial charge in [0.05, 0.1) is 0 Å². The Morgan fingerprint density at radius 3 is 1.22 bits per heavy atom. The highest BCUT2D eigenvalue weighted by atomic mass is 19.4. The Bertz CT molecular complexity index is 293. The van der Waals surface area contributed by atoms with Gasteiger partial charge in [-0.05, 0) is 0 Å². The summed E-state index contributed by atoms with van der Waals surface area (Å²) in [5.41, 5.74) is 0. The molecule has 0 spiro atoms. The molecular formula is C6H3F7O5. The van der Waals surface area contributed by atoms with Gasteiger partial charge in [-0.3, -0.25) is 0 Å². The van der Waals surface area contributed by atoms with E-state index in [1.54, 1.807) is 0 Å². The molecule has 12 heteroatoms. The van der Waals surface area contributed by atoms with Crippen molar-refractivity contribution in [2.75, 3.05) is 6.67 Å². The zero-order chi connectivity index (χ0) is 15.1. The minimum atomic E-state index is -5.62. The molecule has 0 aliphatic rings. The average molecular weight is 288 g/mol. The van der Waals surface area contributed by atoms with Crippen LogP contribution in [0.25, 0.3) is 0 Å². The van der Waals surface area contributed by atoms with Crippen LogP contribution in [-0.2, 0) is 19.1 Å². The van der Waals surface area contributed by atoms with Crippen LogP contribution in [0.5, 0.6) is 0 Å². The monoisotopic (exact) mass is 288 g/mol. The lowest BCUT2D eigenvalue weighted by Crippen LogP contribution is -2.34. The van der Waals surface area contributed by atoms with E-state index in [2.05, 4.69) is 4.74 Å². The van der Waals surface area contributed by atoms with E-state index in [1.807, 2.05) is 0 Å². The number of ether oxygens (including phenoxy) is 1. The summed E-state index contributed by atoms with van der Waals surface area (Å²) in [6.45, 7) is -1.28. The maximum atomic E-state index is 11.2. The second-order valence-corrected chi connectivity index (χ2v) is 2.20. The highest BCUT2D eigenvalue weighted by molar-refractivity contribution is 5.90. The van der Waals surface area contributed by atoms with E-state index in [-0.39, 0.29) is 0 Å². The second-order valence-electron chi connectivity index (χ2n) is 2.20. The van der Waals surface area contributed by atoms with Crippen molar-refractivity contribution >= 4 is 17.9 Å². The smallest absolute Gasteiger partial charge is 0.479 e. The fourth-order valence-electron chi connectivity index (χ4n) is 0.200. The summed E-state index contributed by atoms with van der Waals surface area (Å²) in [6, 6.07) is 0. The third-order valence-corrected chi connectivity index (χ3v) is 0.763. The summed E-state index contributed by atoms with van der Waals surface area (Å²) in [5.74, 6) is -7.81. The van der Waals surface area contributed by atoms with Gasteiger partial charge in [-0.25, -0.2) is 18.8 Å². The van der Waals surface area contributed by atoms with Crippen molar-refractivity contribution in [3.8, 4) is 0 Å². The largest absolute Gasteiger partial charge is 0.491 e. The number of alkyl halides is 7. The Hall–Kier alpha value is -1.88. The standard InChI is InChI=1S/C4F6O3.C2H3FO2/c5-3(6,7)1(11)13-2(12)4(8,9)10;3-1-2(4)5/h;1H2,(H,4,5). The molecule has 0 aromatic carbocycles. The van der Waals surface area contributed by atoms with E-state index < -0.39 is 36.9 Å². The molecule has 0 aliphatic heterocycles. The van der Waals surface area contributed by atoms with Gasteiger partial charge in [0.25, 0.3) is 0 Å². The molecule has 106 valence electrons. The molecule has 0 aliphatic carbocycles. The first-order valence-electron chi connectivity index (χ1n) is 3.50. The Balaban J connectivity index is 0. The lowest BCUT2D eigenvalue weighted by atomic mass is 10.6. The van der Waals surface area contributed by atoms with Crippen molar-refractivity contribution < 1.29 is 55.0 Å². The predicted octanol–water partition coefficient (Wildman–Crippen LogP) is 1.22. The maximum absolute atomic E-state index is 11.2. The molecule has 0 saturated carbocycles. The van der Waals surface area contributed by atoms with Gasteiger partial charge in [0.15, 0.2) is 6.67 Å². The van der Waals surface area contributed by atoms with E-state index in [4.69, 9.17) is 9.90 Å². The molecule has 0 saturated heterocycles. The zero-order valence-electron chi connectivity index (χ0n) is 7.93. The van der Waals surface area contributed by atoms with Gasteiger partial charge in [0.2, 0.25) is 0 Å². The Kier molecular flexibility index (Phi) is 6.94. The summed E-state index contributed by atoms with van der Waals surface area (Å²) in [7, 11) is 0. The number of carbonyl (C=O) groups excluding carboxylic acids is 2. The summed E-state index contributed by atoms with van der Waals surface area (Å²) < 4.78 is 80.2. The first-order chi connectivity index (χ1) is 7.82. The van der Waals surface area contributed by atoms with Crippen LogP contribution in [0.3, 0.4) is 0 Å². The van der Waals surface area contributed by atoms with Gasteiger partial charge in [-0.15, -0.1) is 0 Å². The molecule has 0 aromatic heterocycles. The average Bonchev–Trinajstić information content (AvgIpc) is 2.15. The van der Waals surface area contributed by atoms with Crippen LogP contribution >= 0.6 is 0 Å². The van der Waals surface area contributed by atoms with E-state index in [0.29, 0.717) is 0 Å². The third-order valence-electron chi connectivity index (χ3n) is 0.763. The van der Waals surface area contributed by atoms with Gasteiger partial charge in [-0.1, -0.05) is 0 Å². The van der Waals surface area contributed by atoms with Crippen LogP contribution in [0.4, 0.5) is 30.7 Å². The number of hydrogen-bond acceptors (Lipinski definition) is 4. The molecule has 0 bridgehead atoms. The van der Waals surface area contributed by atoms with Crippen LogP contribution in [0, 0.1) is 0 Å². The third kappa shape index (κ3) is 9.35. The number of rotatable bonds is 1. The van der Waals surface area contributed by atoms with E-state index in [9.17, 15) is 40.3 Å². The lowest BCUT2D eigenvalue weighted by molar-refractivity contribution is -0.221. The zero-order valence-corrected chi connectivity index (χ0v) is 7.93. The number of hydrogen-bond donors (Lipinski definition) is 1. The fourth-order valence-corrected chi connectivity index (χ4v) is 0.200. The van der Waals surface area contributed by atoms with E-state index in [1.165, 1.54) is 0 Å². The minimum Gasteiger partial charge on any atom is -0.479 e. The number of carboxylic acid groups (broad SMARTS) is 1. The highest BCUT2D eigenvalue weighted by Gasteiger charge is 2.49. The molecule has 18 heavy (non-hydrogen) atoms. The molecular weight excluding hydrogens is 285 g/mol. The summed E-state index contributed by atoms with van der Waals surface area (Å²) >= 11 is 0. The molecule has 0 unspecified atom stereocenters. The van der Waals surface area contributed by atoms with Crippen molar-refractivity contribution in [2.24, 2.45) is 0 Å². The van der Waals surface area contributed by atoms with Crippen molar-refractivity contribution in [1.29, 1.82) is 0 Å². The van der Waals surface area contributed by atoms with E-state index in [0.717, 1.165) is 0 Å².